The van der Waals surface area contributed by atoms with Crippen molar-refractivity contribution in [3.05, 3.63) is 88.2 Å². The van der Waals surface area contributed by atoms with Crippen molar-refractivity contribution in [2.45, 2.75) is 25.6 Å². The average Bonchev–Trinajstić information content (AvgIpc) is 3.24. The van der Waals surface area contributed by atoms with Gasteiger partial charge in [-0.2, -0.15) is 0 Å². The van der Waals surface area contributed by atoms with Gasteiger partial charge in [-0.3, -0.25) is 4.90 Å². The number of ether oxygens (including phenoxy) is 1. The summed E-state index contributed by atoms with van der Waals surface area (Å²) in [5.74, 6) is 0. The van der Waals surface area contributed by atoms with E-state index in [4.69, 9.17) is 32.9 Å². The number of aromatic nitrogens is 2. The molecule has 2 unspecified atom stereocenters. The molecule has 1 N–H and O–H groups in total. The number of nitrogens with one attached hydrogen (secondary N) is 1. The molecule has 2 aliphatic rings. The van der Waals surface area contributed by atoms with Gasteiger partial charge in [0.25, 0.3) is 0 Å². The Labute approximate surface area is 225 Å². The Bertz CT molecular complexity index is 1420. The summed E-state index contributed by atoms with van der Waals surface area (Å²) in [4.78, 5) is 22.7. The standard InChI is InChI=1S/C28H27Cl2N5O2/c1-18-5-4-6-23(30)26(18)32-28(36)35-21-13-33(14-22(35)17-37-16-21)15-24-27(19-8-10-20(29)11-9-19)31-25-7-2-3-12-34(24)25/h2-12,21-22H,13-17H2,1H3,(H,32,36). The zero-order chi connectivity index (χ0) is 25.5. The smallest absolute Gasteiger partial charge is 0.322 e. The van der Waals surface area contributed by atoms with Gasteiger partial charge in [0.05, 0.1) is 47.4 Å². The fourth-order valence-corrected chi connectivity index (χ4v) is 5.82. The third-order valence-corrected chi connectivity index (χ3v) is 7.72. The predicted octanol–water partition coefficient (Wildman–Crippen LogP) is 5.73. The minimum atomic E-state index is -0.134. The maximum absolute atomic E-state index is 13.4. The van der Waals surface area contributed by atoms with Crippen LogP contribution in [0.3, 0.4) is 0 Å². The molecule has 0 spiro atoms. The maximum Gasteiger partial charge on any atom is 0.322 e. The number of morpholine rings is 1. The van der Waals surface area contributed by atoms with Crippen LogP contribution >= 0.6 is 23.2 Å². The summed E-state index contributed by atoms with van der Waals surface area (Å²) in [5, 5.41) is 4.29. The van der Waals surface area contributed by atoms with Gasteiger partial charge < -0.3 is 19.4 Å². The second-order valence-corrected chi connectivity index (χ2v) is 10.5. The summed E-state index contributed by atoms with van der Waals surface area (Å²) in [5.41, 5.74) is 5.58. The van der Waals surface area contributed by atoms with Crippen molar-refractivity contribution in [3.8, 4) is 11.3 Å². The number of para-hydroxylation sites is 1. The molecule has 6 rings (SSSR count). The first-order valence-electron chi connectivity index (χ1n) is 12.3. The molecule has 4 aromatic rings. The number of pyridine rings is 1. The van der Waals surface area contributed by atoms with E-state index in [-0.39, 0.29) is 18.1 Å². The number of imidazole rings is 1. The number of carbonyl (C=O) groups is 1. The highest BCUT2D eigenvalue weighted by Gasteiger charge is 2.41. The lowest BCUT2D eigenvalue weighted by atomic mass is 10.0. The number of rotatable bonds is 4. The zero-order valence-corrected chi connectivity index (χ0v) is 21.9. The van der Waals surface area contributed by atoms with Crippen LogP contribution in [-0.4, -0.2) is 63.6 Å². The van der Waals surface area contributed by atoms with Crippen LogP contribution in [0.4, 0.5) is 10.5 Å². The van der Waals surface area contributed by atoms with Crippen molar-refractivity contribution in [3.63, 3.8) is 0 Å². The highest BCUT2D eigenvalue weighted by molar-refractivity contribution is 6.33. The second kappa shape index (κ2) is 9.99. The number of aryl methyl sites for hydroxylation is 1. The molecule has 0 saturated carbocycles. The molecular formula is C28H27Cl2N5O2. The number of urea groups is 1. The molecule has 0 radical (unpaired) electrons. The fraction of sp³-hybridized carbons (Fsp3) is 0.286. The van der Waals surface area contributed by atoms with Crippen LogP contribution in [0.2, 0.25) is 10.0 Å². The first-order valence-corrected chi connectivity index (χ1v) is 13.1. The van der Waals surface area contributed by atoms with Gasteiger partial charge in [0, 0.05) is 36.4 Å². The van der Waals surface area contributed by atoms with Crippen molar-refractivity contribution in [1.82, 2.24) is 19.2 Å². The maximum atomic E-state index is 13.4. The Balaban J connectivity index is 1.26. The molecule has 190 valence electrons. The molecule has 2 amide bonds. The van der Waals surface area contributed by atoms with Gasteiger partial charge in [-0.15, -0.1) is 0 Å². The number of fused-ring (bicyclic) bond motifs is 3. The lowest BCUT2D eigenvalue weighted by Gasteiger charge is -2.49. The Hall–Kier alpha value is -3.10. The molecule has 2 bridgehead atoms. The van der Waals surface area contributed by atoms with Crippen LogP contribution in [0.15, 0.2) is 66.9 Å². The van der Waals surface area contributed by atoms with Crippen molar-refractivity contribution in [1.29, 1.82) is 0 Å². The van der Waals surface area contributed by atoms with Gasteiger partial charge in [0.1, 0.15) is 5.65 Å². The number of halogens is 2. The van der Waals surface area contributed by atoms with E-state index in [1.54, 1.807) is 6.07 Å². The number of carbonyl (C=O) groups excluding carboxylic acids is 1. The average molecular weight is 536 g/mol. The van der Waals surface area contributed by atoms with E-state index in [1.807, 2.05) is 66.4 Å². The van der Waals surface area contributed by atoms with Crippen molar-refractivity contribution in [2.75, 3.05) is 31.6 Å². The summed E-state index contributed by atoms with van der Waals surface area (Å²) >= 11 is 12.5. The van der Waals surface area contributed by atoms with Gasteiger partial charge >= 0.3 is 6.03 Å². The van der Waals surface area contributed by atoms with Crippen molar-refractivity contribution in [2.24, 2.45) is 0 Å². The van der Waals surface area contributed by atoms with Crippen molar-refractivity contribution < 1.29 is 9.53 Å². The van der Waals surface area contributed by atoms with E-state index in [1.165, 1.54) is 0 Å². The number of hydrogen-bond donors (Lipinski definition) is 1. The van der Waals surface area contributed by atoms with Crippen LogP contribution in [0.5, 0.6) is 0 Å². The normalized spacial score (nSPS) is 19.8. The van der Waals surface area contributed by atoms with E-state index in [0.717, 1.165) is 28.2 Å². The van der Waals surface area contributed by atoms with Crippen molar-refractivity contribution >= 4 is 40.6 Å². The number of nitrogens with zero attached hydrogens (tertiary/aromatic N) is 4. The molecule has 2 aromatic carbocycles. The first-order chi connectivity index (χ1) is 18.0. The van der Waals surface area contributed by atoms with Crippen LogP contribution in [-0.2, 0) is 11.3 Å². The first kappa shape index (κ1) is 24.2. The number of piperazine rings is 1. The monoisotopic (exact) mass is 535 g/mol. The molecule has 2 saturated heterocycles. The largest absolute Gasteiger partial charge is 0.377 e. The summed E-state index contributed by atoms with van der Waals surface area (Å²) < 4.78 is 8.02. The van der Waals surface area contributed by atoms with Gasteiger partial charge in [0.15, 0.2) is 0 Å². The topological polar surface area (TPSA) is 62.1 Å². The van der Waals surface area contributed by atoms with E-state index < -0.39 is 0 Å². The molecule has 0 aliphatic carbocycles. The summed E-state index contributed by atoms with van der Waals surface area (Å²) in [6.45, 7) is 5.04. The third kappa shape index (κ3) is 4.68. The van der Waals surface area contributed by atoms with Gasteiger partial charge in [-0.1, -0.05) is 53.5 Å². The van der Waals surface area contributed by atoms with E-state index >= 15 is 0 Å². The number of anilines is 1. The van der Waals surface area contributed by atoms with Gasteiger partial charge in [-0.25, -0.2) is 9.78 Å². The molecule has 37 heavy (non-hydrogen) atoms. The quantitative estimate of drug-likeness (QED) is 0.362. The van der Waals surface area contributed by atoms with E-state index in [0.29, 0.717) is 48.6 Å². The minimum absolute atomic E-state index is 0.0616. The lowest BCUT2D eigenvalue weighted by molar-refractivity contribution is -0.0743. The van der Waals surface area contributed by atoms with Crippen LogP contribution < -0.4 is 5.32 Å². The lowest BCUT2D eigenvalue weighted by Crippen LogP contribution is -2.66. The molecule has 7 nitrogen and oxygen atoms in total. The van der Waals surface area contributed by atoms with Crippen LogP contribution in [0.1, 0.15) is 11.3 Å². The van der Waals surface area contributed by atoms with Gasteiger partial charge in [-0.05, 0) is 42.8 Å². The number of amides is 2. The Kier molecular flexibility index (Phi) is 6.55. The molecular weight excluding hydrogens is 509 g/mol. The Morgan fingerprint density at radius 2 is 1.78 bits per heavy atom. The third-order valence-electron chi connectivity index (χ3n) is 7.15. The Morgan fingerprint density at radius 1 is 1.03 bits per heavy atom. The molecule has 2 atom stereocenters. The molecule has 9 heteroatoms. The summed E-state index contributed by atoms with van der Waals surface area (Å²) in [6, 6.07) is 19.2. The van der Waals surface area contributed by atoms with Crippen LogP contribution in [0.25, 0.3) is 16.9 Å². The SMILES string of the molecule is Cc1cccc(Cl)c1NC(=O)N1C2COCC1CN(Cc1c(-c3ccc(Cl)cc3)nc3ccccn13)C2. The van der Waals surface area contributed by atoms with Gasteiger partial charge in [0.2, 0.25) is 0 Å². The van der Waals surface area contributed by atoms with Crippen LogP contribution in [0, 0.1) is 6.92 Å². The highest BCUT2D eigenvalue weighted by Crippen LogP contribution is 2.31. The van der Waals surface area contributed by atoms with E-state index in [9.17, 15) is 4.79 Å². The molecule has 2 aromatic heterocycles. The summed E-state index contributed by atoms with van der Waals surface area (Å²) in [6.07, 6.45) is 2.05. The number of benzene rings is 2. The second-order valence-electron chi connectivity index (χ2n) is 9.65. The highest BCUT2D eigenvalue weighted by atomic mass is 35.5. The summed E-state index contributed by atoms with van der Waals surface area (Å²) in [7, 11) is 0. The van der Waals surface area contributed by atoms with E-state index in [2.05, 4.69) is 20.8 Å². The Morgan fingerprint density at radius 3 is 2.51 bits per heavy atom. The fourth-order valence-electron chi connectivity index (χ4n) is 5.42. The number of hydrogen-bond acceptors (Lipinski definition) is 4. The molecule has 2 fully saturated rings. The molecule has 4 heterocycles. The predicted molar refractivity (Wildman–Crippen MR) is 146 cm³/mol. The molecule has 2 aliphatic heterocycles. The zero-order valence-electron chi connectivity index (χ0n) is 20.4. The minimum Gasteiger partial charge on any atom is -0.377 e.